The van der Waals surface area contributed by atoms with Gasteiger partial charge in [0.05, 0.1) is 6.26 Å². The molecule has 6 heteroatoms. The van der Waals surface area contributed by atoms with Crippen LogP contribution in [0, 0.1) is 0 Å². The van der Waals surface area contributed by atoms with Gasteiger partial charge in [-0.25, -0.2) is 0 Å². The zero-order valence-electron chi connectivity index (χ0n) is 16.1. The maximum atomic E-state index is 9.19. The summed E-state index contributed by atoms with van der Waals surface area (Å²) in [6.07, 6.45) is 18.9. The Morgan fingerprint density at radius 3 is 1.00 bits per heavy atom. The molecule has 3 nitrogen and oxygen atoms in total. The zero-order valence-corrected chi connectivity index (χ0v) is 19.6. The maximum absolute atomic E-state index is 9.19. The molecule has 0 rings (SSSR count). The molecule has 23 heavy (non-hydrogen) atoms. The molecular formula is C17H42BrO3PS. The van der Waals surface area contributed by atoms with Gasteiger partial charge in [0.15, 0.2) is 0 Å². The van der Waals surface area contributed by atoms with Crippen LogP contribution in [0.15, 0.2) is 0 Å². The molecule has 0 aliphatic carbocycles. The van der Waals surface area contributed by atoms with E-state index < -0.39 is 17.4 Å². The molecule has 0 bridgehead atoms. The summed E-state index contributed by atoms with van der Waals surface area (Å²) in [7, 11) is -4.55. The quantitative estimate of drug-likeness (QED) is 0.300. The predicted octanol–water partition coefficient (Wildman–Crippen LogP) is 6.02. The van der Waals surface area contributed by atoms with Crippen molar-refractivity contribution in [1.29, 1.82) is 0 Å². The molecule has 1 N–H and O–H groups in total. The Morgan fingerprint density at radius 1 is 0.696 bits per heavy atom. The van der Waals surface area contributed by atoms with Gasteiger partial charge in [0, 0.05) is 0 Å². The van der Waals surface area contributed by atoms with Gasteiger partial charge in [-0.3, -0.25) is 4.55 Å². The average molecular weight is 437 g/mol. The van der Waals surface area contributed by atoms with Gasteiger partial charge in [0.25, 0.3) is 10.1 Å². The molecular weight excluding hydrogens is 395 g/mol. The Balaban J connectivity index is -0.000000578. The van der Waals surface area contributed by atoms with Crippen LogP contribution in [0.2, 0.25) is 0 Å². The molecule has 0 unspecified atom stereocenters. The van der Waals surface area contributed by atoms with Crippen molar-refractivity contribution in [3.63, 3.8) is 0 Å². The van der Waals surface area contributed by atoms with Crippen LogP contribution in [0.4, 0.5) is 0 Å². The molecule has 0 amide bonds. The number of halogens is 1. The number of unbranched alkanes of at least 4 members (excludes halogenated alkanes) is 4. The summed E-state index contributed by atoms with van der Waals surface area (Å²) in [6.45, 7) is 9.44. The van der Waals surface area contributed by atoms with E-state index in [-0.39, 0.29) is 17.0 Å². The van der Waals surface area contributed by atoms with Gasteiger partial charge in [-0.1, -0.05) is 0 Å². The normalized spacial score (nSPS) is 12.1. The fourth-order valence-electron chi connectivity index (χ4n) is 2.96. The number of rotatable bonds is 12. The molecule has 0 radical (unpaired) electrons. The second-order valence-corrected chi connectivity index (χ2v) is 13.1. The standard InChI is InChI=1S/C16H37P.CH4O3S.BrH/c1-5-9-13-17(14-10-6-2,15-11-7-3)16-12-8-4;1-5(2,3)4;/h17H,5-16H2,1-4H3;1H3,(H,2,3,4);1H. The fourth-order valence-corrected chi connectivity index (χ4v) is 8.87. The van der Waals surface area contributed by atoms with Gasteiger partial charge >= 0.3 is 111 Å². The van der Waals surface area contributed by atoms with E-state index in [0.29, 0.717) is 6.26 Å². The Hall–Kier alpha value is 0.820. The third kappa shape index (κ3) is 22.8. The van der Waals surface area contributed by atoms with Crippen LogP contribution in [-0.4, -0.2) is 43.9 Å². The fraction of sp³-hybridized carbons (Fsp3) is 1.00. The Kier molecular flexibility index (Phi) is 21.9. The maximum Gasteiger partial charge on any atom is 0.261 e. The first kappa shape index (κ1) is 28.6. The zero-order chi connectivity index (χ0) is 17.5. The van der Waals surface area contributed by atoms with Crippen molar-refractivity contribution in [3.8, 4) is 0 Å². The summed E-state index contributed by atoms with van der Waals surface area (Å²) in [6, 6.07) is 0. The summed E-state index contributed by atoms with van der Waals surface area (Å²) in [5, 5.41) is 0. The van der Waals surface area contributed by atoms with E-state index in [2.05, 4.69) is 27.7 Å². The molecule has 0 saturated heterocycles. The van der Waals surface area contributed by atoms with Gasteiger partial charge in [-0.15, -0.1) is 17.0 Å². The topological polar surface area (TPSA) is 54.4 Å². The van der Waals surface area contributed by atoms with Gasteiger partial charge in [-0.05, 0) is 0 Å². The summed E-state index contributed by atoms with van der Waals surface area (Å²) in [5.41, 5.74) is 0. The van der Waals surface area contributed by atoms with E-state index in [1.165, 1.54) is 51.4 Å². The minimum Gasteiger partial charge on any atom is -0.286 e. The summed E-state index contributed by atoms with van der Waals surface area (Å²) >= 11 is 0. The minimum absolute atomic E-state index is 0. The largest absolute Gasteiger partial charge is 0.286 e. The third-order valence-corrected chi connectivity index (χ3v) is 9.90. The molecule has 0 saturated carbocycles. The van der Waals surface area contributed by atoms with Crippen LogP contribution in [0.1, 0.15) is 79.1 Å². The molecule has 0 spiro atoms. The van der Waals surface area contributed by atoms with Crippen molar-refractivity contribution >= 4 is 34.4 Å². The molecule has 0 aromatic rings. The molecule has 0 aliphatic rings. The van der Waals surface area contributed by atoms with Crippen LogP contribution < -0.4 is 0 Å². The predicted molar refractivity (Wildman–Crippen MR) is 115 cm³/mol. The van der Waals surface area contributed by atoms with E-state index in [9.17, 15) is 8.42 Å². The molecule has 146 valence electrons. The van der Waals surface area contributed by atoms with Crippen molar-refractivity contribution in [2.75, 3.05) is 30.9 Å². The van der Waals surface area contributed by atoms with Crippen molar-refractivity contribution in [1.82, 2.24) is 0 Å². The first-order valence-corrected chi connectivity index (χ1v) is 13.8. The Labute approximate surface area is 157 Å². The number of hydrogen-bond acceptors (Lipinski definition) is 2. The summed E-state index contributed by atoms with van der Waals surface area (Å²) in [5.74, 6) is 0. The third-order valence-electron chi connectivity index (χ3n) is 4.24. The average Bonchev–Trinajstić information content (AvgIpc) is 2.44. The van der Waals surface area contributed by atoms with Crippen LogP contribution >= 0.6 is 24.2 Å². The summed E-state index contributed by atoms with van der Waals surface area (Å²) in [4.78, 5) is 0. The smallest absolute Gasteiger partial charge is 0.261 e. The van der Waals surface area contributed by atoms with E-state index in [1.54, 1.807) is 24.6 Å². The number of hydrogen-bond donors (Lipinski definition) is 1. The van der Waals surface area contributed by atoms with E-state index >= 15 is 0 Å². The van der Waals surface area contributed by atoms with Crippen molar-refractivity contribution in [2.45, 2.75) is 79.1 Å². The second kappa shape index (κ2) is 17.6. The minimum atomic E-state index is -3.67. The van der Waals surface area contributed by atoms with E-state index in [4.69, 9.17) is 4.55 Å². The van der Waals surface area contributed by atoms with Gasteiger partial charge < -0.3 is 0 Å². The van der Waals surface area contributed by atoms with Crippen LogP contribution in [-0.2, 0) is 10.1 Å². The van der Waals surface area contributed by atoms with Gasteiger partial charge in [0.1, 0.15) is 0 Å². The van der Waals surface area contributed by atoms with E-state index in [1.807, 2.05) is 0 Å². The van der Waals surface area contributed by atoms with Crippen LogP contribution in [0.25, 0.3) is 0 Å². The summed E-state index contributed by atoms with van der Waals surface area (Å²) < 4.78 is 25.9. The second-order valence-electron chi connectivity index (χ2n) is 6.65. The Bertz CT molecular complexity index is 289. The van der Waals surface area contributed by atoms with Crippen molar-refractivity contribution < 1.29 is 13.0 Å². The van der Waals surface area contributed by atoms with Crippen molar-refractivity contribution in [2.24, 2.45) is 0 Å². The molecule has 0 aromatic heterocycles. The first-order chi connectivity index (χ1) is 10.2. The Morgan fingerprint density at radius 2 is 0.870 bits per heavy atom. The molecule has 0 heterocycles. The monoisotopic (exact) mass is 436 g/mol. The SMILES string of the molecule is Br.CCCC[PH](CCCC)(CCCC)CCCC.CS(=O)(=O)O. The van der Waals surface area contributed by atoms with E-state index in [0.717, 1.165) is 0 Å². The molecule has 0 atom stereocenters. The van der Waals surface area contributed by atoms with Crippen LogP contribution in [0.3, 0.4) is 0 Å². The molecule has 0 fully saturated rings. The first-order valence-electron chi connectivity index (χ1n) is 9.17. The van der Waals surface area contributed by atoms with Gasteiger partial charge in [-0.2, -0.15) is 8.42 Å². The van der Waals surface area contributed by atoms with Crippen LogP contribution in [0.5, 0.6) is 0 Å². The van der Waals surface area contributed by atoms with Crippen molar-refractivity contribution in [3.05, 3.63) is 0 Å². The van der Waals surface area contributed by atoms with Gasteiger partial charge in [0.2, 0.25) is 0 Å². The molecule has 0 aliphatic heterocycles. The molecule has 0 aromatic carbocycles.